The van der Waals surface area contributed by atoms with Gasteiger partial charge < -0.3 is 19.7 Å². The molecule has 2 aromatic heterocycles. The third-order valence-electron chi connectivity index (χ3n) is 7.13. The SMILES string of the molecule is CCc1ccc(N2C(=S)N[C@H](c3ccccn3)[C@@H]2c2cc(C)n(-c3ccc(N(C)C)cc3)c2C)cc1. The van der Waals surface area contributed by atoms with Crippen LogP contribution in [0.15, 0.2) is 79.0 Å². The van der Waals surface area contributed by atoms with Crippen molar-refractivity contribution in [2.45, 2.75) is 39.3 Å². The van der Waals surface area contributed by atoms with Crippen LogP contribution in [0.1, 0.15) is 47.2 Å². The zero-order valence-electron chi connectivity index (χ0n) is 21.6. The molecule has 1 N–H and O–H groups in total. The Hall–Kier alpha value is -3.64. The van der Waals surface area contributed by atoms with E-state index in [2.05, 4.69) is 115 Å². The molecule has 2 atom stereocenters. The smallest absolute Gasteiger partial charge is 0.174 e. The second-order valence-electron chi connectivity index (χ2n) is 9.59. The Kier molecular flexibility index (Phi) is 6.54. The van der Waals surface area contributed by atoms with Crippen LogP contribution in [0.3, 0.4) is 0 Å². The van der Waals surface area contributed by atoms with Gasteiger partial charge in [-0.3, -0.25) is 4.98 Å². The summed E-state index contributed by atoms with van der Waals surface area (Å²) in [7, 11) is 4.13. The van der Waals surface area contributed by atoms with E-state index >= 15 is 0 Å². The van der Waals surface area contributed by atoms with Gasteiger partial charge in [-0.2, -0.15) is 0 Å². The highest BCUT2D eigenvalue weighted by Gasteiger charge is 2.42. The van der Waals surface area contributed by atoms with Gasteiger partial charge in [0.25, 0.3) is 0 Å². The van der Waals surface area contributed by atoms with Crippen molar-refractivity contribution >= 4 is 28.7 Å². The molecule has 1 saturated heterocycles. The summed E-state index contributed by atoms with van der Waals surface area (Å²) in [5.74, 6) is 0. The number of nitrogens with one attached hydrogen (secondary N) is 1. The van der Waals surface area contributed by atoms with E-state index < -0.39 is 0 Å². The zero-order valence-corrected chi connectivity index (χ0v) is 22.4. The van der Waals surface area contributed by atoms with E-state index in [-0.39, 0.29) is 12.1 Å². The van der Waals surface area contributed by atoms with Crippen molar-refractivity contribution in [1.29, 1.82) is 0 Å². The molecule has 0 radical (unpaired) electrons. The Bertz CT molecular complexity index is 1360. The lowest BCUT2D eigenvalue weighted by Gasteiger charge is -2.28. The lowest BCUT2D eigenvalue weighted by Crippen LogP contribution is -2.29. The van der Waals surface area contributed by atoms with Crippen LogP contribution >= 0.6 is 12.2 Å². The Morgan fingerprint density at radius 3 is 2.25 bits per heavy atom. The van der Waals surface area contributed by atoms with Crippen molar-refractivity contribution in [3.8, 4) is 5.69 Å². The first kappa shape index (κ1) is 24.1. The first-order valence-corrected chi connectivity index (χ1v) is 12.9. The minimum atomic E-state index is -0.0605. The highest BCUT2D eigenvalue weighted by Crippen LogP contribution is 2.43. The number of nitrogens with zero attached hydrogens (tertiary/aromatic N) is 4. The average Bonchev–Trinajstić information content (AvgIpc) is 3.39. The molecule has 1 fully saturated rings. The number of aryl methyl sites for hydroxylation is 2. The quantitative estimate of drug-likeness (QED) is 0.318. The number of thiocarbonyl (C=S) groups is 1. The van der Waals surface area contributed by atoms with Crippen LogP contribution in [0.4, 0.5) is 11.4 Å². The van der Waals surface area contributed by atoms with Gasteiger partial charge in [0.1, 0.15) is 0 Å². The highest BCUT2D eigenvalue weighted by molar-refractivity contribution is 7.80. The van der Waals surface area contributed by atoms with Crippen LogP contribution in [-0.2, 0) is 6.42 Å². The minimum absolute atomic E-state index is 0.0270. The molecular weight excluding hydrogens is 462 g/mol. The Morgan fingerprint density at radius 1 is 0.944 bits per heavy atom. The van der Waals surface area contributed by atoms with Crippen LogP contribution in [0, 0.1) is 13.8 Å². The molecule has 36 heavy (non-hydrogen) atoms. The molecule has 0 unspecified atom stereocenters. The lowest BCUT2D eigenvalue weighted by atomic mass is 9.96. The fraction of sp³-hybridized carbons (Fsp3) is 0.267. The Balaban J connectivity index is 1.63. The summed E-state index contributed by atoms with van der Waals surface area (Å²) in [6.45, 7) is 6.56. The first-order chi connectivity index (χ1) is 17.4. The highest BCUT2D eigenvalue weighted by atomic mass is 32.1. The van der Waals surface area contributed by atoms with Gasteiger partial charge in [0, 0.05) is 48.7 Å². The van der Waals surface area contributed by atoms with E-state index in [0.717, 1.165) is 28.6 Å². The van der Waals surface area contributed by atoms with Crippen molar-refractivity contribution in [3.05, 3.63) is 107 Å². The maximum atomic E-state index is 5.93. The zero-order chi connectivity index (χ0) is 25.4. The van der Waals surface area contributed by atoms with Gasteiger partial charge in [0.2, 0.25) is 0 Å². The molecule has 6 heteroatoms. The molecule has 0 spiro atoms. The second-order valence-corrected chi connectivity index (χ2v) is 9.98. The van der Waals surface area contributed by atoms with E-state index in [0.29, 0.717) is 0 Å². The van der Waals surface area contributed by atoms with E-state index in [1.54, 1.807) is 0 Å². The van der Waals surface area contributed by atoms with Gasteiger partial charge in [-0.05, 0) is 98.2 Å². The summed E-state index contributed by atoms with van der Waals surface area (Å²) in [5, 5.41) is 4.31. The minimum Gasteiger partial charge on any atom is -0.378 e. The molecule has 4 aromatic rings. The molecule has 184 valence electrons. The third-order valence-corrected chi connectivity index (χ3v) is 7.45. The van der Waals surface area contributed by atoms with Crippen LogP contribution in [0.5, 0.6) is 0 Å². The van der Waals surface area contributed by atoms with Crippen molar-refractivity contribution in [2.24, 2.45) is 0 Å². The van der Waals surface area contributed by atoms with Crippen LogP contribution in [0.25, 0.3) is 5.69 Å². The van der Waals surface area contributed by atoms with Gasteiger partial charge in [-0.15, -0.1) is 0 Å². The first-order valence-electron chi connectivity index (χ1n) is 12.4. The molecule has 1 aliphatic rings. The number of anilines is 2. The molecule has 1 aliphatic heterocycles. The fourth-order valence-electron chi connectivity index (χ4n) is 5.23. The van der Waals surface area contributed by atoms with Crippen LogP contribution in [0.2, 0.25) is 0 Å². The maximum Gasteiger partial charge on any atom is 0.174 e. The fourth-order valence-corrected chi connectivity index (χ4v) is 5.57. The molecule has 0 aliphatic carbocycles. The molecular formula is C30H33N5S. The summed E-state index contributed by atoms with van der Waals surface area (Å²) in [6, 6.07) is 25.7. The molecule has 5 nitrogen and oxygen atoms in total. The molecule has 0 saturated carbocycles. The predicted molar refractivity (Wildman–Crippen MR) is 153 cm³/mol. The Labute approximate surface area is 219 Å². The van der Waals surface area contributed by atoms with E-state index in [4.69, 9.17) is 17.2 Å². The number of hydrogen-bond donors (Lipinski definition) is 1. The average molecular weight is 496 g/mol. The van der Waals surface area contributed by atoms with Crippen molar-refractivity contribution < 1.29 is 0 Å². The van der Waals surface area contributed by atoms with Gasteiger partial charge >= 0.3 is 0 Å². The predicted octanol–water partition coefficient (Wildman–Crippen LogP) is 6.29. The summed E-state index contributed by atoms with van der Waals surface area (Å²) in [4.78, 5) is 9.09. The van der Waals surface area contributed by atoms with Gasteiger partial charge in [0.15, 0.2) is 5.11 Å². The summed E-state index contributed by atoms with van der Waals surface area (Å²) >= 11 is 5.93. The van der Waals surface area contributed by atoms with E-state index in [9.17, 15) is 0 Å². The maximum absolute atomic E-state index is 5.93. The number of hydrogen-bond acceptors (Lipinski definition) is 3. The van der Waals surface area contributed by atoms with E-state index in [1.807, 2.05) is 18.3 Å². The second kappa shape index (κ2) is 9.78. The van der Waals surface area contributed by atoms with E-state index in [1.165, 1.54) is 28.2 Å². The van der Waals surface area contributed by atoms with Gasteiger partial charge in [0.05, 0.1) is 17.8 Å². The standard InChI is InChI=1S/C30H33N5S/c1-6-22-10-12-25(13-11-22)35-29(28(32-30(35)36)27-9-7-8-18-31-27)26-19-20(2)34(21(26)3)24-16-14-23(15-17-24)33(4)5/h7-19,28-29H,6H2,1-5H3,(H,32,36)/t28-,29+/m1/s1. The number of rotatable bonds is 6. The largest absolute Gasteiger partial charge is 0.378 e. The molecule has 0 bridgehead atoms. The van der Waals surface area contributed by atoms with Crippen molar-refractivity contribution in [1.82, 2.24) is 14.9 Å². The van der Waals surface area contributed by atoms with Crippen LogP contribution < -0.4 is 15.1 Å². The summed E-state index contributed by atoms with van der Waals surface area (Å²) in [5.41, 5.74) is 9.37. The van der Waals surface area contributed by atoms with Crippen molar-refractivity contribution in [2.75, 3.05) is 23.9 Å². The molecule has 5 rings (SSSR count). The number of aromatic nitrogens is 2. The molecule has 3 heterocycles. The third kappa shape index (κ3) is 4.26. The molecule has 0 amide bonds. The Morgan fingerprint density at radius 2 is 1.64 bits per heavy atom. The van der Waals surface area contributed by atoms with Crippen molar-refractivity contribution in [3.63, 3.8) is 0 Å². The number of benzene rings is 2. The van der Waals surface area contributed by atoms with Crippen LogP contribution in [-0.4, -0.2) is 28.8 Å². The normalized spacial score (nSPS) is 17.4. The lowest BCUT2D eigenvalue weighted by molar-refractivity contribution is 0.565. The summed E-state index contributed by atoms with van der Waals surface area (Å²) in [6.07, 6.45) is 2.86. The van der Waals surface area contributed by atoms with Gasteiger partial charge in [-0.25, -0.2) is 0 Å². The monoisotopic (exact) mass is 495 g/mol. The topological polar surface area (TPSA) is 36.3 Å². The number of pyridine rings is 1. The molecule has 2 aromatic carbocycles. The summed E-state index contributed by atoms with van der Waals surface area (Å²) < 4.78 is 2.34. The van der Waals surface area contributed by atoms with Gasteiger partial charge in [-0.1, -0.05) is 25.1 Å².